The highest BCUT2D eigenvalue weighted by atomic mass is 16.3. The molecule has 10 heteroatoms. The topological polar surface area (TPSA) is 137 Å². The number of anilines is 2. The Bertz CT molecular complexity index is 1540. The lowest BCUT2D eigenvalue weighted by Gasteiger charge is -2.20. The zero-order chi connectivity index (χ0) is 27.9. The number of rotatable bonds is 13. The lowest BCUT2D eigenvalue weighted by Crippen LogP contribution is -2.41. The van der Waals surface area contributed by atoms with Crippen LogP contribution in [0.2, 0.25) is 0 Å². The van der Waals surface area contributed by atoms with Gasteiger partial charge in [-0.3, -0.25) is 18.8 Å². The Kier molecular flexibility index (Phi) is 9.21. The predicted octanol–water partition coefficient (Wildman–Crippen LogP) is 2.08. The first-order chi connectivity index (χ1) is 18.9. The highest BCUT2D eigenvalue weighted by Gasteiger charge is 2.22. The zero-order valence-corrected chi connectivity index (χ0v) is 22.8. The second kappa shape index (κ2) is 12.8. The number of imidazole rings is 1. The number of nitrogens with two attached hydrogens (primary N) is 2. The van der Waals surface area contributed by atoms with E-state index in [1.165, 1.54) is 4.57 Å². The van der Waals surface area contributed by atoms with Gasteiger partial charge in [0.1, 0.15) is 5.82 Å². The highest BCUT2D eigenvalue weighted by Crippen LogP contribution is 2.20. The monoisotopic (exact) mass is 533 g/mol. The summed E-state index contributed by atoms with van der Waals surface area (Å²) < 4.78 is 4.88. The molecule has 0 aliphatic rings. The van der Waals surface area contributed by atoms with Crippen LogP contribution >= 0.6 is 0 Å². The van der Waals surface area contributed by atoms with Crippen molar-refractivity contribution in [3.63, 3.8) is 0 Å². The average Bonchev–Trinajstić information content (AvgIpc) is 3.28. The molecular weight excluding hydrogens is 494 g/mol. The fourth-order valence-corrected chi connectivity index (χ4v) is 5.00. The molecular formula is C29H39N7O3. The summed E-state index contributed by atoms with van der Waals surface area (Å²) in [5, 5.41) is 9.48. The Balaban J connectivity index is 1.88. The Morgan fingerprint density at radius 2 is 1.72 bits per heavy atom. The molecule has 4 rings (SSSR count). The molecule has 0 atom stereocenters. The molecule has 0 radical (unpaired) electrons. The maximum atomic E-state index is 13.8. The van der Waals surface area contributed by atoms with Crippen LogP contribution in [0.4, 0.5) is 11.4 Å². The fraction of sp³-hybridized carbons (Fsp3) is 0.414. The van der Waals surface area contributed by atoms with E-state index in [0.29, 0.717) is 80.3 Å². The van der Waals surface area contributed by atoms with Gasteiger partial charge >= 0.3 is 5.69 Å². The fourth-order valence-electron chi connectivity index (χ4n) is 5.00. The van der Waals surface area contributed by atoms with E-state index in [2.05, 4.69) is 4.90 Å². The minimum absolute atomic E-state index is 0.0543. The molecule has 0 aliphatic carbocycles. The van der Waals surface area contributed by atoms with Gasteiger partial charge in [-0.1, -0.05) is 44.2 Å². The third-order valence-electron chi connectivity index (χ3n) is 7.12. The van der Waals surface area contributed by atoms with Gasteiger partial charge in [-0.25, -0.2) is 9.78 Å². The van der Waals surface area contributed by atoms with Crippen LogP contribution in [0.3, 0.4) is 0 Å². The van der Waals surface area contributed by atoms with E-state index >= 15 is 0 Å². The molecule has 208 valence electrons. The SMILES string of the molecule is CCCn1c(=O)c2c(nc(Cc3ccccc3N)n2CCN(CC)CCO)n(CCc2cccc(N)c2)c1=O. The van der Waals surface area contributed by atoms with E-state index in [1.54, 1.807) is 4.57 Å². The lowest BCUT2D eigenvalue weighted by molar-refractivity contribution is 0.197. The van der Waals surface area contributed by atoms with E-state index < -0.39 is 0 Å². The third kappa shape index (κ3) is 6.23. The molecule has 0 amide bonds. The molecule has 10 nitrogen and oxygen atoms in total. The van der Waals surface area contributed by atoms with E-state index in [4.69, 9.17) is 16.5 Å². The molecule has 2 heterocycles. The first kappa shape index (κ1) is 28.1. The minimum atomic E-state index is -0.357. The van der Waals surface area contributed by atoms with Gasteiger partial charge in [0.25, 0.3) is 5.56 Å². The largest absolute Gasteiger partial charge is 0.399 e. The van der Waals surface area contributed by atoms with Gasteiger partial charge in [-0.2, -0.15) is 0 Å². The van der Waals surface area contributed by atoms with Crippen molar-refractivity contribution < 1.29 is 5.11 Å². The number of benzene rings is 2. The van der Waals surface area contributed by atoms with Gasteiger partial charge in [0.15, 0.2) is 11.2 Å². The van der Waals surface area contributed by atoms with E-state index in [9.17, 15) is 14.7 Å². The number of aromatic nitrogens is 4. The van der Waals surface area contributed by atoms with E-state index in [-0.39, 0.29) is 17.9 Å². The second-order valence-corrected chi connectivity index (χ2v) is 9.77. The number of fused-ring (bicyclic) bond motifs is 1. The van der Waals surface area contributed by atoms with Crippen LogP contribution in [0.25, 0.3) is 11.2 Å². The molecule has 4 aromatic rings. The summed E-state index contributed by atoms with van der Waals surface area (Å²) in [6.45, 7) is 7.13. The van der Waals surface area contributed by atoms with E-state index in [1.807, 2.05) is 66.9 Å². The van der Waals surface area contributed by atoms with Crippen LogP contribution in [0.15, 0.2) is 58.1 Å². The number of aliphatic hydroxyl groups is 1. The third-order valence-corrected chi connectivity index (χ3v) is 7.12. The van der Waals surface area contributed by atoms with Crippen LogP contribution in [0.5, 0.6) is 0 Å². The van der Waals surface area contributed by atoms with Crippen molar-refractivity contribution in [2.24, 2.45) is 0 Å². The normalized spacial score (nSPS) is 11.6. The number of aliphatic hydroxyl groups excluding tert-OH is 1. The summed E-state index contributed by atoms with van der Waals surface area (Å²) in [5.74, 6) is 0.673. The van der Waals surface area contributed by atoms with Crippen molar-refractivity contribution in [2.75, 3.05) is 37.7 Å². The first-order valence-corrected chi connectivity index (χ1v) is 13.6. The highest BCUT2D eigenvalue weighted by molar-refractivity contribution is 5.71. The Morgan fingerprint density at radius 1 is 0.923 bits per heavy atom. The first-order valence-electron chi connectivity index (χ1n) is 13.6. The maximum Gasteiger partial charge on any atom is 0.332 e. The summed E-state index contributed by atoms with van der Waals surface area (Å²) in [6.07, 6.45) is 1.64. The molecule has 0 saturated carbocycles. The van der Waals surface area contributed by atoms with Crippen LogP contribution in [0.1, 0.15) is 37.2 Å². The molecule has 0 aliphatic heterocycles. The number of para-hydroxylation sites is 1. The zero-order valence-electron chi connectivity index (χ0n) is 22.8. The summed E-state index contributed by atoms with van der Waals surface area (Å²) in [5.41, 5.74) is 15.6. The molecule has 0 saturated heterocycles. The Hall–Kier alpha value is -3.89. The number of aryl methyl sites for hydroxylation is 2. The predicted molar refractivity (Wildman–Crippen MR) is 156 cm³/mol. The van der Waals surface area contributed by atoms with Crippen LogP contribution in [-0.2, 0) is 32.5 Å². The van der Waals surface area contributed by atoms with Crippen molar-refractivity contribution in [1.29, 1.82) is 0 Å². The lowest BCUT2D eigenvalue weighted by atomic mass is 10.1. The maximum absolute atomic E-state index is 13.8. The van der Waals surface area contributed by atoms with Crippen molar-refractivity contribution in [3.05, 3.63) is 86.3 Å². The summed E-state index contributed by atoms with van der Waals surface area (Å²) in [4.78, 5) is 34.4. The molecule has 2 aromatic carbocycles. The Labute approximate surface area is 228 Å². The summed E-state index contributed by atoms with van der Waals surface area (Å²) in [6, 6.07) is 15.2. The standard InChI is InChI=1S/C29H39N7O3/c1-3-13-36-28(38)26-27(35(29(36)39)14-12-21-8-7-10-23(30)19-21)32-25(20-22-9-5-6-11-24(22)31)34(26)16-15-33(4-2)17-18-37/h5-11,19,37H,3-4,12-18,20,30-31H2,1-2H3. The van der Waals surface area contributed by atoms with Gasteiger partial charge < -0.3 is 21.1 Å². The van der Waals surface area contributed by atoms with Crippen molar-refractivity contribution in [1.82, 2.24) is 23.6 Å². The number of likely N-dealkylation sites (N-methyl/N-ethyl adjacent to an activating group) is 1. The molecule has 39 heavy (non-hydrogen) atoms. The number of hydrogen-bond acceptors (Lipinski definition) is 7. The van der Waals surface area contributed by atoms with Crippen LogP contribution in [-0.4, -0.2) is 54.9 Å². The molecule has 0 spiro atoms. The number of nitrogen functional groups attached to an aromatic ring is 2. The van der Waals surface area contributed by atoms with E-state index in [0.717, 1.165) is 17.7 Å². The summed E-state index contributed by atoms with van der Waals surface area (Å²) in [7, 11) is 0. The van der Waals surface area contributed by atoms with Crippen molar-refractivity contribution in [3.8, 4) is 0 Å². The molecule has 0 fully saturated rings. The molecule has 0 bridgehead atoms. The molecule has 5 N–H and O–H groups in total. The Morgan fingerprint density at radius 3 is 2.41 bits per heavy atom. The van der Waals surface area contributed by atoms with Gasteiger partial charge in [0, 0.05) is 50.5 Å². The van der Waals surface area contributed by atoms with Crippen molar-refractivity contribution in [2.45, 2.75) is 52.7 Å². The van der Waals surface area contributed by atoms with Crippen LogP contribution < -0.4 is 22.7 Å². The van der Waals surface area contributed by atoms with Crippen molar-refractivity contribution >= 4 is 22.5 Å². The van der Waals surface area contributed by atoms with Gasteiger partial charge in [-0.15, -0.1) is 0 Å². The molecule has 0 unspecified atom stereocenters. The summed E-state index contributed by atoms with van der Waals surface area (Å²) >= 11 is 0. The quantitative estimate of drug-likeness (QED) is 0.224. The smallest absolute Gasteiger partial charge is 0.332 e. The van der Waals surface area contributed by atoms with Gasteiger partial charge in [0.05, 0.1) is 6.61 Å². The number of hydrogen-bond donors (Lipinski definition) is 3. The minimum Gasteiger partial charge on any atom is -0.399 e. The van der Waals surface area contributed by atoms with Gasteiger partial charge in [0.2, 0.25) is 0 Å². The molecule has 2 aromatic heterocycles. The number of nitrogens with zero attached hydrogens (tertiary/aromatic N) is 5. The second-order valence-electron chi connectivity index (χ2n) is 9.77. The average molecular weight is 534 g/mol. The van der Waals surface area contributed by atoms with Gasteiger partial charge in [-0.05, 0) is 48.7 Å². The van der Waals surface area contributed by atoms with Crippen LogP contribution in [0, 0.1) is 0 Å².